The smallest absolute Gasteiger partial charge is 0.222 e. The number of aryl methyl sites for hydroxylation is 1. The van der Waals surface area contributed by atoms with Crippen molar-refractivity contribution in [2.24, 2.45) is 0 Å². The van der Waals surface area contributed by atoms with E-state index >= 15 is 0 Å². The highest BCUT2D eigenvalue weighted by Crippen LogP contribution is 2.29. The third-order valence-electron chi connectivity index (χ3n) is 2.59. The van der Waals surface area contributed by atoms with E-state index in [9.17, 15) is 4.39 Å². The Bertz CT molecular complexity index is 590. The predicted molar refractivity (Wildman–Crippen MR) is 73.2 cm³/mol. The van der Waals surface area contributed by atoms with Gasteiger partial charge in [0, 0.05) is 18.3 Å². The molecule has 0 bridgehead atoms. The van der Waals surface area contributed by atoms with Gasteiger partial charge in [0.25, 0.3) is 0 Å². The predicted octanol–water partition coefficient (Wildman–Crippen LogP) is 3.69. The summed E-state index contributed by atoms with van der Waals surface area (Å²) in [6, 6.07) is 6.57. The molecule has 0 aliphatic rings. The van der Waals surface area contributed by atoms with E-state index in [0.717, 1.165) is 17.7 Å². The number of hydrogen-bond acceptors (Lipinski definition) is 3. The average molecular weight is 281 g/mol. The molecule has 3 nitrogen and oxygen atoms in total. The van der Waals surface area contributed by atoms with E-state index in [1.807, 2.05) is 20.0 Å². The molecule has 0 fully saturated rings. The molecule has 100 valence electrons. The van der Waals surface area contributed by atoms with Gasteiger partial charge in [-0.05, 0) is 37.7 Å². The number of halogens is 2. The second-order valence-electron chi connectivity index (χ2n) is 4.15. The largest absolute Gasteiger partial charge is 0.436 e. The molecule has 0 radical (unpaired) electrons. The van der Waals surface area contributed by atoms with E-state index in [0.29, 0.717) is 5.88 Å². The van der Waals surface area contributed by atoms with Crippen LogP contribution in [0.1, 0.15) is 11.1 Å². The van der Waals surface area contributed by atoms with Crippen molar-refractivity contribution in [1.29, 1.82) is 0 Å². The molecular formula is C14H14ClFN2O. The van der Waals surface area contributed by atoms with Crippen LogP contribution in [0.15, 0.2) is 30.5 Å². The lowest BCUT2D eigenvalue weighted by Crippen LogP contribution is -2.06. The minimum absolute atomic E-state index is 0.0296. The Balaban J connectivity index is 2.26. The van der Waals surface area contributed by atoms with Gasteiger partial charge in [-0.2, -0.15) is 0 Å². The topological polar surface area (TPSA) is 34.2 Å². The van der Waals surface area contributed by atoms with E-state index in [4.69, 9.17) is 16.3 Å². The van der Waals surface area contributed by atoms with Gasteiger partial charge in [-0.15, -0.1) is 0 Å². The van der Waals surface area contributed by atoms with Gasteiger partial charge >= 0.3 is 0 Å². The normalized spacial score (nSPS) is 10.5. The van der Waals surface area contributed by atoms with Gasteiger partial charge in [-0.3, -0.25) is 0 Å². The molecule has 0 saturated heterocycles. The third kappa shape index (κ3) is 3.22. The summed E-state index contributed by atoms with van der Waals surface area (Å²) in [6.45, 7) is 2.59. The standard InChI is InChI=1S/C14H14ClFN2O/c1-9-6-10(7-17-2)8-18-14(9)19-12-5-3-4-11(15)13(12)16/h3-6,8,17H,7H2,1-2H3. The minimum Gasteiger partial charge on any atom is -0.436 e. The van der Waals surface area contributed by atoms with Gasteiger partial charge < -0.3 is 10.1 Å². The average Bonchev–Trinajstić information content (AvgIpc) is 2.38. The molecule has 0 aliphatic heterocycles. The van der Waals surface area contributed by atoms with Gasteiger partial charge in [0.15, 0.2) is 11.6 Å². The Hall–Kier alpha value is -1.65. The molecule has 5 heteroatoms. The van der Waals surface area contributed by atoms with Crippen LogP contribution in [0.5, 0.6) is 11.6 Å². The first-order valence-corrected chi connectivity index (χ1v) is 6.21. The molecule has 0 saturated carbocycles. The van der Waals surface area contributed by atoms with Crippen molar-refractivity contribution in [3.05, 3.63) is 52.4 Å². The van der Waals surface area contributed by atoms with E-state index < -0.39 is 5.82 Å². The fourth-order valence-corrected chi connectivity index (χ4v) is 1.86. The van der Waals surface area contributed by atoms with Crippen molar-refractivity contribution in [1.82, 2.24) is 10.3 Å². The molecule has 0 amide bonds. The molecule has 2 aromatic rings. The van der Waals surface area contributed by atoms with Crippen molar-refractivity contribution in [3.63, 3.8) is 0 Å². The van der Waals surface area contributed by atoms with Crippen molar-refractivity contribution in [2.45, 2.75) is 13.5 Å². The highest BCUT2D eigenvalue weighted by atomic mass is 35.5. The Labute approximate surface area is 116 Å². The maximum Gasteiger partial charge on any atom is 0.222 e. The summed E-state index contributed by atoms with van der Waals surface area (Å²) < 4.78 is 19.2. The van der Waals surface area contributed by atoms with Crippen LogP contribution in [0.4, 0.5) is 4.39 Å². The lowest BCUT2D eigenvalue weighted by molar-refractivity contribution is 0.424. The Morgan fingerprint density at radius 1 is 1.42 bits per heavy atom. The second kappa shape index (κ2) is 5.99. The van der Waals surface area contributed by atoms with Gasteiger partial charge in [0.1, 0.15) is 0 Å². The maximum atomic E-state index is 13.7. The monoisotopic (exact) mass is 280 g/mol. The van der Waals surface area contributed by atoms with Crippen LogP contribution in [0.25, 0.3) is 0 Å². The number of nitrogens with one attached hydrogen (secondary N) is 1. The lowest BCUT2D eigenvalue weighted by Gasteiger charge is -2.10. The molecule has 0 unspecified atom stereocenters. The van der Waals surface area contributed by atoms with Crippen LogP contribution in [0.3, 0.4) is 0 Å². The Kier molecular flexibility index (Phi) is 4.35. The SMILES string of the molecule is CNCc1cnc(Oc2cccc(Cl)c2F)c(C)c1. The van der Waals surface area contributed by atoms with Crippen molar-refractivity contribution < 1.29 is 9.13 Å². The maximum absolute atomic E-state index is 13.7. The second-order valence-corrected chi connectivity index (χ2v) is 4.56. The molecular weight excluding hydrogens is 267 g/mol. The fourth-order valence-electron chi connectivity index (χ4n) is 1.70. The Morgan fingerprint density at radius 3 is 2.89 bits per heavy atom. The zero-order chi connectivity index (χ0) is 13.8. The summed E-state index contributed by atoms with van der Waals surface area (Å²) in [5.74, 6) is -0.129. The molecule has 0 atom stereocenters. The molecule has 2 rings (SSSR count). The van der Waals surface area contributed by atoms with Gasteiger partial charge in [0.2, 0.25) is 5.88 Å². The number of benzene rings is 1. The van der Waals surface area contributed by atoms with Crippen LogP contribution >= 0.6 is 11.6 Å². The summed E-state index contributed by atoms with van der Waals surface area (Å²) >= 11 is 5.70. The fraction of sp³-hybridized carbons (Fsp3) is 0.214. The van der Waals surface area contributed by atoms with Gasteiger partial charge in [0.05, 0.1) is 5.02 Å². The van der Waals surface area contributed by atoms with Crippen LogP contribution in [0, 0.1) is 12.7 Å². The number of pyridine rings is 1. The van der Waals surface area contributed by atoms with Crippen LogP contribution < -0.4 is 10.1 Å². The number of rotatable bonds is 4. The quantitative estimate of drug-likeness (QED) is 0.927. The Morgan fingerprint density at radius 2 is 2.21 bits per heavy atom. The highest BCUT2D eigenvalue weighted by molar-refractivity contribution is 6.30. The molecule has 0 spiro atoms. The summed E-state index contributed by atoms with van der Waals surface area (Å²) in [6.07, 6.45) is 1.70. The zero-order valence-electron chi connectivity index (χ0n) is 10.7. The van der Waals surface area contributed by atoms with Crippen LogP contribution in [0.2, 0.25) is 5.02 Å². The summed E-state index contributed by atoms with van der Waals surface area (Å²) in [5, 5.41) is 3.07. The zero-order valence-corrected chi connectivity index (χ0v) is 11.5. The molecule has 1 aromatic carbocycles. The number of aromatic nitrogens is 1. The molecule has 1 aromatic heterocycles. The summed E-state index contributed by atoms with van der Waals surface area (Å²) in [4.78, 5) is 4.19. The molecule has 0 aliphatic carbocycles. The number of ether oxygens (including phenoxy) is 1. The molecule has 19 heavy (non-hydrogen) atoms. The first-order chi connectivity index (χ1) is 9.11. The summed E-state index contributed by atoms with van der Waals surface area (Å²) in [7, 11) is 1.86. The van der Waals surface area contributed by atoms with E-state index in [1.54, 1.807) is 12.3 Å². The number of hydrogen-bond donors (Lipinski definition) is 1. The van der Waals surface area contributed by atoms with Gasteiger partial charge in [-0.1, -0.05) is 17.7 Å². The van der Waals surface area contributed by atoms with Crippen molar-refractivity contribution in [3.8, 4) is 11.6 Å². The number of nitrogens with zero attached hydrogens (tertiary/aromatic N) is 1. The van der Waals surface area contributed by atoms with Crippen LogP contribution in [-0.4, -0.2) is 12.0 Å². The van der Waals surface area contributed by atoms with Crippen molar-refractivity contribution >= 4 is 11.6 Å². The minimum atomic E-state index is -0.579. The third-order valence-corrected chi connectivity index (χ3v) is 2.88. The highest BCUT2D eigenvalue weighted by Gasteiger charge is 2.11. The van der Waals surface area contributed by atoms with E-state index in [2.05, 4.69) is 10.3 Å². The first kappa shape index (κ1) is 13.8. The molecule has 1 heterocycles. The van der Waals surface area contributed by atoms with Gasteiger partial charge in [-0.25, -0.2) is 9.37 Å². The van der Waals surface area contributed by atoms with Crippen molar-refractivity contribution in [2.75, 3.05) is 7.05 Å². The first-order valence-electron chi connectivity index (χ1n) is 5.84. The van der Waals surface area contributed by atoms with E-state index in [-0.39, 0.29) is 10.8 Å². The lowest BCUT2D eigenvalue weighted by atomic mass is 10.2. The van der Waals surface area contributed by atoms with Crippen LogP contribution in [-0.2, 0) is 6.54 Å². The molecule has 1 N–H and O–H groups in total. The summed E-state index contributed by atoms with van der Waals surface area (Å²) in [5.41, 5.74) is 1.88. The van der Waals surface area contributed by atoms with E-state index in [1.165, 1.54) is 12.1 Å².